The normalized spacial score (nSPS) is 27.8. The Bertz CT molecular complexity index is 508. The van der Waals surface area contributed by atoms with E-state index in [9.17, 15) is 4.79 Å². The van der Waals surface area contributed by atoms with E-state index in [1.165, 1.54) is 18.4 Å². The molecule has 1 amide bonds. The van der Waals surface area contributed by atoms with Crippen LogP contribution in [-0.2, 0) is 10.5 Å². The Balaban J connectivity index is 1.39. The first-order valence-corrected chi connectivity index (χ1v) is 9.48. The Morgan fingerprint density at radius 1 is 1.27 bits per heavy atom. The van der Waals surface area contributed by atoms with Crippen LogP contribution in [0.4, 0.5) is 0 Å². The Hall–Kier alpha value is -0.710. The average Bonchev–Trinajstić information content (AvgIpc) is 2.72. The van der Waals surface area contributed by atoms with Gasteiger partial charge >= 0.3 is 0 Å². The molecule has 2 saturated heterocycles. The molecule has 2 fully saturated rings. The summed E-state index contributed by atoms with van der Waals surface area (Å²) < 4.78 is 0. The number of nitrogens with one attached hydrogen (secondary N) is 1. The third-order valence-electron chi connectivity index (χ3n) is 4.88. The van der Waals surface area contributed by atoms with E-state index in [2.05, 4.69) is 17.3 Å². The fraction of sp³-hybridized carbons (Fsp3) is 0.588. The number of rotatable bonds is 5. The maximum atomic E-state index is 12.1. The fourth-order valence-corrected chi connectivity index (χ4v) is 4.57. The van der Waals surface area contributed by atoms with E-state index >= 15 is 0 Å². The van der Waals surface area contributed by atoms with E-state index in [0.717, 1.165) is 23.6 Å². The summed E-state index contributed by atoms with van der Waals surface area (Å²) in [6.07, 6.45) is 4.80. The second-order valence-electron chi connectivity index (χ2n) is 6.41. The maximum absolute atomic E-state index is 12.1. The number of thioether (sulfide) groups is 1. The molecular formula is C17H23ClN2OS. The number of amides is 1. The summed E-state index contributed by atoms with van der Waals surface area (Å²) in [6.45, 7) is 0. The van der Waals surface area contributed by atoms with E-state index in [-0.39, 0.29) is 5.91 Å². The highest BCUT2D eigenvalue weighted by molar-refractivity contribution is 7.99. The van der Waals surface area contributed by atoms with Gasteiger partial charge in [0, 0.05) is 28.9 Å². The van der Waals surface area contributed by atoms with Gasteiger partial charge in [-0.2, -0.15) is 0 Å². The zero-order valence-electron chi connectivity index (χ0n) is 12.9. The molecule has 3 nitrogen and oxygen atoms in total. The fourth-order valence-electron chi connectivity index (χ4n) is 3.64. The van der Waals surface area contributed by atoms with Gasteiger partial charge in [-0.3, -0.25) is 4.79 Å². The molecule has 0 saturated carbocycles. The van der Waals surface area contributed by atoms with Crippen LogP contribution >= 0.6 is 23.4 Å². The van der Waals surface area contributed by atoms with Gasteiger partial charge in [0.15, 0.2) is 0 Å². The minimum Gasteiger partial charge on any atom is -0.353 e. The molecule has 2 heterocycles. The molecule has 0 unspecified atom stereocenters. The van der Waals surface area contributed by atoms with Crippen LogP contribution < -0.4 is 5.32 Å². The van der Waals surface area contributed by atoms with Crippen LogP contribution in [-0.4, -0.2) is 41.7 Å². The first-order chi connectivity index (χ1) is 10.6. The van der Waals surface area contributed by atoms with Crippen LogP contribution in [0, 0.1) is 0 Å². The molecule has 5 heteroatoms. The van der Waals surface area contributed by atoms with Crippen molar-refractivity contribution in [1.82, 2.24) is 10.2 Å². The topological polar surface area (TPSA) is 32.3 Å². The highest BCUT2D eigenvalue weighted by Gasteiger charge is 2.38. The molecule has 120 valence electrons. The largest absolute Gasteiger partial charge is 0.353 e. The Kier molecular flexibility index (Phi) is 5.32. The molecular weight excluding hydrogens is 316 g/mol. The molecule has 1 N–H and O–H groups in total. The summed E-state index contributed by atoms with van der Waals surface area (Å²) >= 11 is 7.53. The molecule has 0 radical (unpaired) electrons. The number of carbonyl (C=O) groups is 1. The van der Waals surface area contributed by atoms with Gasteiger partial charge in [-0.1, -0.05) is 23.7 Å². The van der Waals surface area contributed by atoms with Crippen LogP contribution in [0.5, 0.6) is 0 Å². The van der Waals surface area contributed by atoms with Crippen LogP contribution in [0.25, 0.3) is 0 Å². The lowest BCUT2D eigenvalue weighted by Gasteiger charge is -2.36. The Morgan fingerprint density at radius 2 is 1.91 bits per heavy atom. The van der Waals surface area contributed by atoms with Gasteiger partial charge in [-0.05, 0) is 50.4 Å². The number of benzene rings is 1. The smallest absolute Gasteiger partial charge is 0.230 e. The zero-order chi connectivity index (χ0) is 15.5. The molecule has 2 aliphatic heterocycles. The Morgan fingerprint density at radius 3 is 2.55 bits per heavy atom. The second kappa shape index (κ2) is 7.24. The molecule has 2 aliphatic rings. The van der Waals surface area contributed by atoms with Crippen molar-refractivity contribution < 1.29 is 4.79 Å². The first kappa shape index (κ1) is 16.2. The van der Waals surface area contributed by atoms with Crippen LogP contribution in [0.3, 0.4) is 0 Å². The first-order valence-electron chi connectivity index (χ1n) is 7.95. The van der Waals surface area contributed by atoms with Crippen molar-refractivity contribution in [2.75, 3.05) is 12.8 Å². The molecule has 1 aromatic rings. The van der Waals surface area contributed by atoms with Gasteiger partial charge in [0.2, 0.25) is 5.91 Å². The molecule has 0 aromatic heterocycles. The number of hydrogen-bond acceptors (Lipinski definition) is 3. The number of piperidine rings is 1. The van der Waals surface area contributed by atoms with E-state index in [1.807, 2.05) is 24.3 Å². The van der Waals surface area contributed by atoms with Crippen molar-refractivity contribution >= 4 is 29.3 Å². The van der Waals surface area contributed by atoms with Crippen molar-refractivity contribution in [2.45, 2.75) is 49.6 Å². The van der Waals surface area contributed by atoms with Crippen molar-refractivity contribution in [3.63, 3.8) is 0 Å². The monoisotopic (exact) mass is 338 g/mol. The number of halogens is 1. The molecule has 2 atom stereocenters. The summed E-state index contributed by atoms with van der Waals surface area (Å²) in [5.41, 5.74) is 1.21. The lowest BCUT2D eigenvalue weighted by molar-refractivity contribution is -0.119. The van der Waals surface area contributed by atoms with Crippen molar-refractivity contribution in [3.8, 4) is 0 Å². The number of carbonyl (C=O) groups excluding carboxylic acids is 1. The predicted molar refractivity (Wildman–Crippen MR) is 93.4 cm³/mol. The van der Waals surface area contributed by atoms with Crippen LogP contribution in [0.1, 0.15) is 31.2 Å². The standard InChI is InChI=1S/C17H23ClN2OS/c1-20-15-6-7-16(20)9-14(8-15)19-17(21)11-22-10-12-2-4-13(18)5-3-12/h2-5,14-16H,6-11H2,1H3,(H,19,21)/t15-,16-/m0/s1. The summed E-state index contributed by atoms with van der Waals surface area (Å²) in [7, 11) is 2.22. The summed E-state index contributed by atoms with van der Waals surface area (Å²) in [5, 5.41) is 3.98. The molecule has 3 rings (SSSR count). The third kappa shape index (κ3) is 3.98. The van der Waals surface area contributed by atoms with Crippen molar-refractivity contribution in [2.24, 2.45) is 0 Å². The van der Waals surface area contributed by atoms with Gasteiger partial charge in [-0.25, -0.2) is 0 Å². The molecule has 0 spiro atoms. The number of hydrogen-bond donors (Lipinski definition) is 1. The van der Waals surface area contributed by atoms with Gasteiger partial charge in [0.1, 0.15) is 0 Å². The minimum absolute atomic E-state index is 0.174. The lowest BCUT2D eigenvalue weighted by atomic mass is 9.98. The van der Waals surface area contributed by atoms with Crippen LogP contribution in [0.15, 0.2) is 24.3 Å². The highest BCUT2D eigenvalue weighted by Crippen LogP contribution is 2.34. The number of nitrogens with zero attached hydrogens (tertiary/aromatic N) is 1. The highest BCUT2D eigenvalue weighted by atomic mass is 35.5. The SMILES string of the molecule is CN1[C@H]2CC[C@H]1CC(NC(=O)CSCc1ccc(Cl)cc1)C2. The summed E-state index contributed by atoms with van der Waals surface area (Å²) in [6, 6.07) is 9.54. The van der Waals surface area contributed by atoms with Gasteiger partial charge in [0.25, 0.3) is 0 Å². The van der Waals surface area contributed by atoms with E-state index in [0.29, 0.717) is 23.9 Å². The lowest BCUT2D eigenvalue weighted by Crippen LogP contribution is -2.49. The van der Waals surface area contributed by atoms with Crippen LogP contribution in [0.2, 0.25) is 5.02 Å². The van der Waals surface area contributed by atoms with Gasteiger partial charge < -0.3 is 10.2 Å². The molecule has 2 bridgehead atoms. The number of fused-ring (bicyclic) bond motifs is 2. The van der Waals surface area contributed by atoms with Gasteiger partial charge in [-0.15, -0.1) is 11.8 Å². The van der Waals surface area contributed by atoms with E-state index in [1.54, 1.807) is 11.8 Å². The van der Waals surface area contributed by atoms with E-state index < -0.39 is 0 Å². The quantitative estimate of drug-likeness (QED) is 0.894. The Labute approximate surface area is 141 Å². The van der Waals surface area contributed by atoms with Crippen molar-refractivity contribution in [3.05, 3.63) is 34.9 Å². The van der Waals surface area contributed by atoms with Crippen molar-refractivity contribution in [1.29, 1.82) is 0 Å². The van der Waals surface area contributed by atoms with E-state index in [4.69, 9.17) is 11.6 Å². The zero-order valence-corrected chi connectivity index (χ0v) is 14.5. The average molecular weight is 339 g/mol. The maximum Gasteiger partial charge on any atom is 0.230 e. The van der Waals surface area contributed by atoms with Gasteiger partial charge in [0.05, 0.1) is 5.75 Å². The molecule has 22 heavy (non-hydrogen) atoms. The molecule has 1 aromatic carbocycles. The summed E-state index contributed by atoms with van der Waals surface area (Å²) in [5.74, 6) is 1.56. The predicted octanol–water partition coefficient (Wildman–Crippen LogP) is 3.31. The summed E-state index contributed by atoms with van der Waals surface area (Å²) in [4.78, 5) is 14.6. The second-order valence-corrected chi connectivity index (χ2v) is 7.83. The molecule has 0 aliphatic carbocycles. The third-order valence-corrected chi connectivity index (χ3v) is 6.13. The minimum atomic E-state index is 0.174.